The molecule has 4 N–H and O–H groups in total. The predicted molar refractivity (Wildman–Crippen MR) is 169 cm³/mol. The van der Waals surface area contributed by atoms with Gasteiger partial charge in [0.1, 0.15) is 11.8 Å². The smallest absolute Gasteiger partial charge is 0.319 e. The molecule has 2 fully saturated rings. The van der Waals surface area contributed by atoms with E-state index in [2.05, 4.69) is 61.1 Å². The van der Waals surface area contributed by atoms with E-state index >= 15 is 0 Å². The van der Waals surface area contributed by atoms with Gasteiger partial charge >= 0.3 is 6.03 Å². The molecule has 0 radical (unpaired) electrons. The van der Waals surface area contributed by atoms with Crippen molar-refractivity contribution >= 4 is 34.6 Å². The van der Waals surface area contributed by atoms with Crippen molar-refractivity contribution < 1.29 is 19.4 Å². The minimum absolute atomic E-state index is 0.0471. The molecule has 1 unspecified atom stereocenters. The summed E-state index contributed by atoms with van der Waals surface area (Å²) in [6, 6.07) is 7.63. The number of hydrogen-bond donors (Lipinski definition) is 4. The number of aromatic nitrogens is 4. The molecule has 2 saturated heterocycles. The average Bonchev–Trinajstić information content (AvgIpc) is 3.65. The second kappa shape index (κ2) is 13.9. The maximum absolute atomic E-state index is 12.9. The van der Waals surface area contributed by atoms with Crippen molar-refractivity contribution in [1.82, 2.24) is 35.1 Å². The highest BCUT2D eigenvalue weighted by Crippen LogP contribution is 2.29. The Bertz CT molecular complexity index is 1400. The van der Waals surface area contributed by atoms with Crippen molar-refractivity contribution in [2.45, 2.75) is 51.0 Å². The van der Waals surface area contributed by atoms with Crippen molar-refractivity contribution in [3.8, 4) is 0 Å². The lowest BCUT2D eigenvalue weighted by Gasteiger charge is -2.33. The van der Waals surface area contributed by atoms with Crippen LogP contribution in [0, 0.1) is 0 Å². The van der Waals surface area contributed by atoms with Crippen molar-refractivity contribution in [3.05, 3.63) is 42.5 Å². The maximum Gasteiger partial charge on any atom is 0.319 e. The van der Waals surface area contributed by atoms with Gasteiger partial charge in [-0.25, -0.2) is 19.7 Å². The quantitative estimate of drug-likeness (QED) is 0.241. The Morgan fingerprint density at radius 1 is 1.09 bits per heavy atom. The number of aromatic amines is 1. The lowest BCUT2D eigenvalue weighted by Crippen LogP contribution is -2.47. The zero-order valence-electron chi connectivity index (χ0n) is 26.0. The lowest BCUT2D eigenvalue weighted by atomic mass is 9.87. The van der Waals surface area contributed by atoms with Crippen LogP contribution in [0.5, 0.6) is 0 Å². The molecule has 238 valence electrons. The molecular weight excluding hydrogens is 562 g/mol. The Balaban J connectivity index is 1.15. The van der Waals surface area contributed by atoms with Crippen LogP contribution in [-0.2, 0) is 14.9 Å². The van der Waals surface area contributed by atoms with E-state index in [0.717, 1.165) is 17.0 Å². The number of β-amino-alcohol motifs (C(OH)–C–C–N with tert-alkyl or cyclic N) is 1. The number of nitrogens with one attached hydrogen (secondary N) is 3. The molecule has 0 bridgehead atoms. The van der Waals surface area contributed by atoms with Crippen LogP contribution in [0.3, 0.4) is 0 Å². The van der Waals surface area contributed by atoms with Gasteiger partial charge in [0.15, 0.2) is 11.5 Å². The molecular formula is C31H45N9O4. The zero-order chi connectivity index (χ0) is 31.2. The number of ether oxygens (including phenoxy) is 1. The maximum atomic E-state index is 12.9. The molecule has 1 aromatic carbocycles. The number of carbonyl (C=O) groups excluding carboxylic acids is 2. The molecule has 0 spiro atoms. The molecule has 0 aliphatic carbocycles. The molecule has 4 heterocycles. The van der Waals surface area contributed by atoms with E-state index in [1.54, 1.807) is 6.33 Å². The first-order chi connectivity index (χ1) is 21.1. The Morgan fingerprint density at radius 2 is 1.86 bits per heavy atom. The summed E-state index contributed by atoms with van der Waals surface area (Å²) >= 11 is 0. The molecule has 3 amide bonds. The highest BCUT2D eigenvalue weighted by molar-refractivity contribution is 5.89. The highest BCUT2D eigenvalue weighted by atomic mass is 16.5. The largest absolute Gasteiger partial charge is 0.387 e. The topological polar surface area (TPSA) is 152 Å². The molecule has 13 nitrogen and oxygen atoms in total. The monoisotopic (exact) mass is 607 g/mol. The number of benzene rings is 1. The molecule has 2 aliphatic heterocycles. The van der Waals surface area contributed by atoms with Crippen molar-refractivity contribution in [3.63, 3.8) is 0 Å². The highest BCUT2D eigenvalue weighted by Gasteiger charge is 2.39. The van der Waals surface area contributed by atoms with Crippen LogP contribution in [0.4, 0.5) is 16.3 Å². The van der Waals surface area contributed by atoms with Crippen LogP contribution in [0.25, 0.3) is 11.2 Å². The molecule has 5 rings (SSSR count). The summed E-state index contributed by atoms with van der Waals surface area (Å²) in [6.07, 6.45) is 4.68. The summed E-state index contributed by atoms with van der Waals surface area (Å²) in [5.41, 5.74) is 2.35. The third-order valence-electron chi connectivity index (χ3n) is 8.30. The van der Waals surface area contributed by atoms with Gasteiger partial charge in [-0.3, -0.25) is 9.69 Å². The van der Waals surface area contributed by atoms with Gasteiger partial charge in [0.2, 0.25) is 5.91 Å². The summed E-state index contributed by atoms with van der Waals surface area (Å²) in [5.74, 6) is 0.816. The van der Waals surface area contributed by atoms with E-state index in [-0.39, 0.29) is 17.4 Å². The number of anilines is 2. The van der Waals surface area contributed by atoms with E-state index in [1.165, 1.54) is 11.9 Å². The predicted octanol–water partition coefficient (Wildman–Crippen LogP) is 2.35. The number of hydrogen-bond acceptors (Lipinski definition) is 9. The lowest BCUT2D eigenvalue weighted by molar-refractivity contribution is -0.135. The number of rotatable bonds is 11. The minimum Gasteiger partial charge on any atom is -0.387 e. The van der Waals surface area contributed by atoms with Gasteiger partial charge in [-0.2, -0.15) is 0 Å². The molecule has 0 saturated carbocycles. The number of morpholine rings is 1. The van der Waals surface area contributed by atoms with Gasteiger partial charge in [-0.15, -0.1) is 0 Å². The number of nitrogens with zero attached hydrogens (tertiary/aromatic N) is 6. The van der Waals surface area contributed by atoms with Gasteiger partial charge in [0.05, 0.1) is 25.1 Å². The first-order valence-corrected chi connectivity index (χ1v) is 15.4. The number of H-pyrrole nitrogens is 1. The zero-order valence-corrected chi connectivity index (χ0v) is 26.0. The summed E-state index contributed by atoms with van der Waals surface area (Å²) in [7, 11) is 0. The van der Waals surface area contributed by atoms with Crippen molar-refractivity contribution in [2.24, 2.45) is 0 Å². The number of amides is 3. The summed E-state index contributed by atoms with van der Waals surface area (Å²) < 4.78 is 5.39. The normalized spacial score (nSPS) is 19.1. The number of carbonyl (C=O) groups is 2. The first kappa shape index (κ1) is 31.6. The Kier molecular flexibility index (Phi) is 9.97. The van der Waals surface area contributed by atoms with Gasteiger partial charge < -0.3 is 35.3 Å². The molecule has 1 atom stereocenters. The van der Waals surface area contributed by atoms with Gasteiger partial charge in [-0.1, -0.05) is 32.9 Å². The minimum atomic E-state index is -0.983. The van der Waals surface area contributed by atoms with Crippen LogP contribution < -0.4 is 15.5 Å². The summed E-state index contributed by atoms with van der Waals surface area (Å²) in [5, 5.41) is 17.5. The number of fused-ring (bicyclic) bond motifs is 1. The number of imidazole rings is 1. The van der Waals surface area contributed by atoms with Crippen LogP contribution >= 0.6 is 0 Å². The molecule has 13 heteroatoms. The van der Waals surface area contributed by atoms with E-state index in [0.29, 0.717) is 90.5 Å². The third-order valence-corrected chi connectivity index (χ3v) is 8.30. The molecule has 44 heavy (non-hydrogen) atoms. The van der Waals surface area contributed by atoms with Crippen LogP contribution in [0.15, 0.2) is 36.9 Å². The van der Waals surface area contributed by atoms with Crippen LogP contribution in [-0.4, -0.2) is 118 Å². The fraction of sp³-hybridized carbons (Fsp3) is 0.581. The second-order valence-electron chi connectivity index (χ2n) is 12.8. The standard InChI is InChI=1S/C31H45N9O4/c1-30(2,3)23-5-7-24(8-6-23)37-29(42)32-11-4-12-38(13-9-25(41)39-15-17-44-18-16-39)19-31(43)10-14-40(20-31)28-26-27(34-21-33-26)35-22-36-28/h5-8,21-22,43H,4,9-20H2,1-3H3,(H2,32,37,42)(H,33,34,35,36). The Hall–Kier alpha value is -3.81. The molecule has 2 aromatic heterocycles. The average molecular weight is 608 g/mol. The first-order valence-electron chi connectivity index (χ1n) is 15.4. The van der Waals surface area contributed by atoms with Crippen molar-refractivity contribution in [1.29, 1.82) is 0 Å². The van der Waals surface area contributed by atoms with E-state index in [4.69, 9.17) is 4.74 Å². The Morgan fingerprint density at radius 3 is 2.61 bits per heavy atom. The third kappa shape index (κ3) is 8.21. The van der Waals surface area contributed by atoms with Gasteiger partial charge in [0.25, 0.3) is 0 Å². The van der Waals surface area contributed by atoms with Crippen LogP contribution in [0.2, 0.25) is 0 Å². The molecule has 3 aromatic rings. The Labute approximate surface area is 258 Å². The van der Waals surface area contributed by atoms with Crippen molar-refractivity contribution in [2.75, 3.05) is 75.8 Å². The van der Waals surface area contributed by atoms with E-state index in [1.807, 2.05) is 29.2 Å². The van der Waals surface area contributed by atoms with Gasteiger partial charge in [0, 0.05) is 57.9 Å². The molecule has 2 aliphatic rings. The summed E-state index contributed by atoms with van der Waals surface area (Å²) in [6.45, 7) is 11.9. The second-order valence-corrected chi connectivity index (χ2v) is 12.8. The van der Waals surface area contributed by atoms with Gasteiger partial charge in [-0.05, 0) is 42.5 Å². The van der Waals surface area contributed by atoms with Crippen LogP contribution in [0.1, 0.15) is 45.6 Å². The van der Waals surface area contributed by atoms with E-state index in [9.17, 15) is 14.7 Å². The number of urea groups is 1. The number of aliphatic hydroxyl groups is 1. The fourth-order valence-corrected chi connectivity index (χ4v) is 5.80. The SMILES string of the molecule is CC(C)(C)c1ccc(NC(=O)NCCCN(CCC(=O)N2CCOCC2)CC2(O)CCN(c3ncnc4nc[nH]c34)C2)cc1. The fourth-order valence-electron chi connectivity index (χ4n) is 5.80. The van der Waals surface area contributed by atoms with E-state index < -0.39 is 5.60 Å². The summed E-state index contributed by atoms with van der Waals surface area (Å²) in [4.78, 5) is 47.5.